The summed E-state index contributed by atoms with van der Waals surface area (Å²) < 4.78 is 24.5. The number of aromatic nitrogens is 1. The molecule has 17 heavy (non-hydrogen) atoms. The Kier molecular flexibility index (Phi) is 4.56. The fraction of sp³-hybridized carbons (Fsp3) is 0.273. The van der Waals surface area contributed by atoms with Crippen LogP contribution in [-0.2, 0) is 4.79 Å². The number of carboxylic acids is 1. The Morgan fingerprint density at radius 2 is 2.35 bits per heavy atom. The number of hydrogen-bond acceptors (Lipinski definition) is 3. The number of rotatable bonds is 5. The molecule has 1 aromatic rings. The number of carboxylic acid groups (broad SMARTS) is 1. The average Bonchev–Trinajstić information content (AvgIpc) is 2.25. The van der Waals surface area contributed by atoms with Crippen LogP contribution in [0, 0.1) is 0 Å². The Labute approximate surface area is 97.2 Å². The zero-order valence-corrected chi connectivity index (χ0v) is 9.18. The first kappa shape index (κ1) is 13.1. The minimum atomic E-state index is -2.47. The van der Waals surface area contributed by atoms with Crippen LogP contribution in [0.2, 0.25) is 0 Å². The van der Waals surface area contributed by atoms with Crippen LogP contribution in [0.1, 0.15) is 5.56 Å². The van der Waals surface area contributed by atoms with Gasteiger partial charge in [-0.2, -0.15) is 0 Å². The molecule has 0 fully saturated rings. The summed E-state index contributed by atoms with van der Waals surface area (Å²) in [5, 5.41) is 8.51. The molecule has 1 heterocycles. The van der Waals surface area contributed by atoms with Gasteiger partial charge in [-0.1, -0.05) is 0 Å². The van der Waals surface area contributed by atoms with Gasteiger partial charge in [0.2, 0.25) is 0 Å². The fourth-order valence-corrected chi connectivity index (χ4v) is 1.31. The minimum absolute atomic E-state index is 0.324. The smallest absolute Gasteiger partial charge is 0.328 e. The van der Waals surface area contributed by atoms with Gasteiger partial charge in [0.15, 0.2) is 0 Å². The molecule has 0 amide bonds. The first-order valence-electron chi connectivity index (χ1n) is 4.86. The minimum Gasteiger partial charge on any atom is -0.478 e. The number of hydrogen-bond donors (Lipinski definition) is 1. The van der Waals surface area contributed by atoms with Crippen molar-refractivity contribution in [3.8, 4) is 0 Å². The van der Waals surface area contributed by atoms with Gasteiger partial charge in [0, 0.05) is 24.9 Å². The molecule has 0 aliphatic rings. The van der Waals surface area contributed by atoms with E-state index in [1.165, 1.54) is 24.2 Å². The van der Waals surface area contributed by atoms with E-state index in [0.717, 1.165) is 6.08 Å². The Balaban J connectivity index is 2.95. The molecule has 0 radical (unpaired) electrons. The summed E-state index contributed by atoms with van der Waals surface area (Å²) >= 11 is 0. The molecule has 0 unspecified atom stereocenters. The second kappa shape index (κ2) is 5.93. The number of anilines is 1. The lowest BCUT2D eigenvalue weighted by atomic mass is 10.2. The molecule has 0 atom stereocenters. The van der Waals surface area contributed by atoms with Crippen molar-refractivity contribution in [2.75, 3.05) is 18.5 Å². The SMILES string of the molecule is CN(CC(F)F)c1ncccc1/C=C/C(=O)O. The molecular weight excluding hydrogens is 230 g/mol. The Morgan fingerprint density at radius 1 is 1.65 bits per heavy atom. The van der Waals surface area contributed by atoms with Crippen molar-refractivity contribution in [2.24, 2.45) is 0 Å². The molecule has 0 aliphatic heterocycles. The van der Waals surface area contributed by atoms with Crippen LogP contribution in [0.25, 0.3) is 6.08 Å². The first-order chi connectivity index (χ1) is 8.00. The van der Waals surface area contributed by atoms with Crippen LogP contribution < -0.4 is 4.90 Å². The number of nitrogens with zero attached hydrogens (tertiary/aromatic N) is 2. The van der Waals surface area contributed by atoms with E-state index in [4.69, 9.17) is 5.11 Å². The molecule has 1 aromatic heterocycles. The second-order valence-corrected chi connectivity index (χ2v) is 3.36. The van der Waals surface area contributed by atoms with Gasteiger partial charge in [0.1, 0.15) is 5.82 Å². The number of pyridine rings is 1. The number of halogens is 2. The van der Waals surface area contributed by atoms with Crippen molar-refractivity contribution in [1.82, 2.24) is 4.98 Å². The fourth-order valence-electron chi connectivity index (χ4n) is 1.31. The summed E-state index contributed by atoms with van der Waals surface area (Å²) in [7, 11) is 1.48. The van der Waals surface area contributed by atoms with E-state index in [1.54, 1.807) is 12.1 Å². The largest absolute Gasteiger partial charge is 0.478 e. The van der Waals surface area contributed by atoms with E-state index in [-0.39, 0.29) is 0 Å². The van der Waals surface area contributed by atoms with Crippen molar-refractivity contribution < 1.29 is 18.7 Å². The van der Waals surface area contributed by atoms with Crippen molar-refractivity contribution in [3.05, 3.63) is 30.0 Å². The maximum Gasteiger partial charge on any atom is 0.328 e. The predicted molar refractivity (Wildman–Crippen MR) is 60.2 cm³/mol. The molecule has 0 aromatic carbocycles. The molecule has 0 saturated heterocycles. The zero-order valence-electron chi connectivity index (χ0n) is 9.18. The highest BCUT2D eigenvalue weighted by atomic mass is 19.3. The van der Waals surface area contributed by atoms with E-state index in [2.05, 4.69) is 4.98 Å². The number of alkyl halides is 2. The van der Waals surface area contributed by atoms with Gasteiger partial charge in [-0.25, -0.2) is 18.6 Å². The van der Waals surface area contributed by atoms with Gasteiger partial charge in [0.25, 0.3) is 6.43 Å². The topological polar surface area (TPSA) is 53.4 Å². The summed E-state index contributed by atoms with van der Waals surface area (Å²) in [6, 6.07) is 3.23. The highest BCUT2D eigenvalue weighted by molar-refractivity contribution is 5.86. The Bertz CT molecular complexity index is 422. The van der Waals surface area contributed by atoms with Crippen molar-refractivity contribution in [1.29, 1.82) is 0 Å². The van der Waals surface area contributed by atoms with Crippen LogP contribution in [0.4, 0.5) is 14.6 Å². The summed E-state index contributed by atoms with van der Waals surface area (Å²) in [4.78, 5) is 15.6. The Hall–Kier alpha value is -1.98. The third-order valence-corrected chi connectivity index (χ3v) is 2.00. The van der Waals surface area contributed by atoms with Crippen LogP contribution >= 0.6 is 0 Å². The molecule has 4 nitrogen and oxygen atoms in total. The van der Waals surface area contributed by atoms with E-state index in [0.29, 0.717) is 11.4 Å². The van der Waals surface area contributed by atoms with Crippen molar-refractivity contribution in [3.63, 3.8) is 0 Å². The average molecular weight is 242 g/mol. The monoisotopic (exact) mass is 242 g/mol. The maximum atomic E-state index is 12.2. The van der Waals surface area contributed by atoms with Crippen molar-refractivity contribution >= 4 is 17.9 Å². The van der Waals surface area contributed by atoms with E-state index < -0.39 is 18.9 Å². The van der Waals surface area contributed by atoms with Crippen molar-refractivity contribution in [2.45, 2.75) is 6.43 Å². The lowest BCUT2D eigenvalue weighted by Crippen LogP contribution is -2.25. The molecule has 1 rings (SSSR count). The molecule has 92 valence electrons. The van der Waals surface area contributed by atoms with Crippen LogP contribution in [0.3, 0.4) is 0 Å². The molecule has 0 saturated carbocycles. The number of carbonyl (C=O) groups is 1. The molecule has 6 heteroatoms. The van der Waals surface area contributed by atoms with Crippen LogP contribution in [0.15, 0.2) is 24.4 Å². The van der Waals surface area contributed by atoms with Crippen LogP contribution in [-0.4, -0.2) is 36.1 Å². The van der Waals surface area contributed by atoms with Gasteiger partial charge in [-0.05, 0) is 18.2 Å². The summed E-state index contributed by atoms with van der Waals surface area (Å²) in [5.41, 5.74) is 0.484. The van der Waals surface area contributed by atoms with Gasteiger partial charge in [-0.3, -0.25) is 0 Å². The normalized spacial score (nSPS) is 11.1. The first-order valence-corrected chi connectivity index (χ1v) is 4.86. The second-order valence-electron chi connectivity index (χ2n) is 3.36. The van der Waals surface area contributed by atoms with Gasteiger partial charge >= 0.3 is 5.97 Å². The molecule has 1 N–H and O–H groups in total. The predicted octanol–water partition coefficient (Wildman–Crippen LogP) is 1.88. The third kappa shape index (κ3) is 4.18. The third-order valence-electron chi connectivity index (χ3n) is 2.00. The van der Waals surface area contributed by atoms with E-state index in [1.807, 2.05) is 0 Å². The van der Waals surface area contributed by atoms with Gasteiger partial charge < -0.3 is 10.0 Å². The van der Waals surface area contributed by atoms with Gasteiger partial charge in [0.05, 0.1) is 6.54 Å². The van der Waals surface area contributed by atoms with E-state index in [9.17, 15) is 13.6 Å². The van der Waals surface area contributed by atoms with E-state index >= 15 is 0 Å². The molecule has 0 spiro atoms. The quantitative estimate of drug-likeness (QED) is 0.801. The lowest BCUT2D eigenvalue weighted by Gasteiger charge is -2.19. The van der Waals surface area contributed by atoms with Gasteiger partial charge in [-0.15, -0.1) is 0 Å². The summed E-state index contributed by atoms with van der Waals surface area (Å²) in [5.74, 6) is -0.776. The molecular formula is C11H12F2N2O2. The number of aliphatic carboxylic acids is 1. The highest BCUT2D eigenvalue weighted by Gasteiger charge is 2.11. The molecule has 0 aliphatic carbocycles. The standard InChI is InChI=1S/C11H12F2N2O2/c1-15(7-9(12)13)11-8(3-2-6-14-11)4-5-10(16)17/h2-6,9H,7H2,1H3,(H,16,17)/b5-4+. The highest BCUT2D eigenvalue weighted by Crippen LogP contribution is 2.18. The summed E-state index contributed by atoms with van der Waals surface area (Å²) in [6.07, 6.45) is 1.26. The lowest BCUT2D eigenvalue weighted by molar-refractivity contribution is -0.131. The van der Waals surface area contributed by atoms with Crippen LogP contribution in [0.5, 0.6) is 0 Å². The zero-order chi connectivity index (χ0) is 12.8. The molecule has 0 bridgehead atoms. The Morgan fingerprint density at radius 3 is 2.94 bits per heavy atom. The summed E-state index contributed by atoms with van der Waals surface area (Å²) in [6.45, 7) is -0.453. The maximum absolute atomic E-state index is 12.2.